The molecule has 28 N–H and O–H groups in total. The molecule has 2 aromatic rings. The molecule has 682 valence electrons. The quantitative estimate of drug-likeness (QED) is 0.0188. The van der Waals surface area contributed by atoms with E-state index in [0.717, 1.165) is 5.56 Å². The van der Waals surface area contributed by atoms with Crippen molar-refractivity contribution in [2.24, 2.45) is 64.0 Å². The number of carbonyl (C=O) groups is 17. The van der Waals surface area contributed by atoms with Crippen molar-refractivity contribution in [2.45, 2.75) is 262 Å². The summed E-state index contributed by atoms with van der Waals surface area (Å²) in [6.07, 6.45) is -3.56. The number of Topliss-reactive ketones (excluding diaryl/α,β-unsaturated/α-hetero) is 5. The van der Waals surface area contributed by atoms with Crippen molar-refractivity contribution in [1.29, 1.82) is 10.8 Å². The number of amides is 12. The number of aliphatic hydroxyl groups is 1. The van der Waals surface area contributed by atoms with Crippen LogP contribution in [-0.4, -0.2) is 223 Å². The summed E-state index contributed by atoms with van der Waals surface area (Å²) in [5.74, 6) is -19.2. The third-order valence-corrected chi connectivity index (χ3v) is 21.3. The maximum absolute atomic E-state index is 15.2. The normalized spacial score (nSPS) is 22.4. The van der Waals surface area contributed by atoms with Crippen LogP contribution in [0, 0.1) is 40.4 Å². The number of benzene rings is 2. The van der Waals surface area contributed by atoms with Crippen molar-refractivity contribution in [3.05, 3.63) is 71.8 Å². The Bertz CT molecular complexity index is 3870. The standard InChI is InChI=1S/C84H133N21O18/c1-49(2)38-56-44-68(110)61(29-14-17-33-85)99-79(120)64(32-21-37-95-84(91)92)101-80(121)63(31-16-19-35-93-70(112)46-65(73(88)114)103-76(56)117)102-82(123)66-45-58(107)28-13-7-12-26-54(74(115)98-50(3)67(109)42-55(27-20-36-94-83(89)90)75(116)100-62(81(122)104-66)30-15-18-34-86)43-69(111)72(51(4)106)105-77(118)57(39-52-22-8-5-9-23-52)41-59(108)47-96-71(113)48-97-78(119)60(87)40-53-24-10-6-11-25-53/h5-6,8-11,22-25,49-51,54-57,60-66,72,106H,7,12-21,26-48,85-87H2,1-4H3,(H2,88,114)(H,93,112)(H,96,113)(H,97,119)(H,98,115)(H,99,120)(H,100,116)(H,101,121)(H,102,123)(H,103,117)(H,104,122)(H,105,118)(H4,89,90,94)(H4,91,92,95)/t50-,51?,54+,55+,56+,57+,60-,61-,62-,63-,64-,65-,66-,72-/m0/s1. The second-order valence-electron chi connectivity index (χ2n) is 32.3. The Kier molecular flexibility index (Phi) is 47.8. The fourth-order valence-electron chi connectivity index (χ4n) is 14.3. The maximum atomic E-state index is 15.2. The van der Waals surface area contributed by atoms with E-state index in [2.05, 4.69) is 69.1 Å². The summed E-state index contributed by atoms with van der Waals surface area (Å²) in [7, 11) is 0. The Morgan fingerprint density at radius 2 is 1.08 bits per heavy atom. The number of hydrogen-bond acceptors (Lipinski definition) is 23. The molecule has 2 heterocycles. The van der Waals surface area contributed by atoms with Gasteiger partial charge in [0.25, 0.3) is 0 Å². The first-order valence-electron chi connectivity index (χ1n) is 42.7. The number of guanidine groups is 2. The lowest BCUT2D eigenvalue weighted by Gasteiger charge is -2.28. The molecule has 0 spiro atoms. The van der Waals surface area contributed by atoms with Gasteiger partial charge < -0.3 is 109 Å². The Labute approximate surface area is 718 Å². The number of carbonyl (C=O) groups excluding carboxylic acids is 17. The SMILES string of the molecule is CC(C)C[C@@H]1CC(=O)[C@H](CCCCN)NC(=O)[C@H](CCCNC(=N)N)NC(=O)[C@@H](NC(=O)[C@@H]2CC(=O)CCCCC[C@H](CC(=O)[C@@H](NC(=O)[C@@H](CC(=O)CNC(=O)CNC(=O)[C@@H](N)Cc3ccccc3)Cc3ccccc3)C(C)O)C(=O)N[C@@H](C)C(=O)C[C@@H](CCCNC(=N)N)C(=O)N[C@@H](CCCCN)C(=O)N2)CCCCNC(=O)C[C@@H](C(N)=O)NC1=O. The molecule has 2 aliphatic rings. The van der Waals surface area contributed by atoms with Gasteiger partial charge in [0.1, 0.15) is 42.0 Å². The molecule has 2 saturated heterocycles. The first-order valence-corrected chi connectivity index (χ1v) is 42.7. The minimum Gasteiger partial charge on any atom is -0.391 e. The molecular formula is C84H133N21O18. The Morgan fingerprint density at radius 3 is 1.68 bits per heavy atom. The van der Waals surface area contributed by atoms with E-state index in [1.807, 2.05) is 19.9 Å². The van der Waals surface area contributed by atoms with Crippen LogP contribution in [0.4, 0.5) is 0 Å². The Hall–Kier alpha value is -11.2. The van der Waals surface area contributed by atoms with Gasteiger partial charge in [-0.25, -0.2) is 0 Å². The minimum absolute atomic E-state index is 0.0302. The van der Waals surface area contributed by atoms with Crippen LogP contribution in [0.5, 0.6) is 0 Å². The molecule has 0 aliphatic carbocycles. The minimum atomic E-state index is -1.81. The van der Waals surface area contributed by atoms with Crippen LogP contribution in [0.25, 0.3) is 0 Å². The van der Waals surface area contributed by atoms with Gasteiger partial charge in [-0.2, -0.15) is 0 Å². The van der Waals surface area contributed by atoms with Crippen LogP contribution in [0.15, 0.2) is 60.7 Å². The summed E-state index contributed by atoms with van der Waals surface area (Å²) in [5.41, 5.74) is 36.1. The second-order valence-corrected chi connectivity index (χ2v) is 32.3. The van der Waals surface area contributed by atoms with Gasteiger partial charge in [0, 0.05) is 81.8 Å². The van der Waals surface area contributed by atoms with E-state index in [4.69, 9.17) is 45.2 Å². The summed E-state index contributed by atoms with van der Waals surface area (Å²) in [6.45, 7) is 5.51. The van der Waals surface area contributed by atoms with Gasteiger partial charge in [0.2, 0.25) is 70.9 Å². The van der Waals surface area contributed by atoms with Crippen molar-refractivity contribution < 1.29 is 86.6 Å². The molecule has 2 aromatic carbocycles. The zero-order chi connectivity index (χ0) is 91.1. The summed E-state index contributed by atoms with van der Waals surface area (Å²) in [4.78, 5) is 241. The fourth-order valence-corrected chi connectivity index (χ4v) is 14.3. The summed E-state index contributed by atoms with van der Waals surface area (Å²) in [5, 5.41) is 60.9. The molecule has 123 heavy (non-hydrogen) atoms. The van der Waals surface area contributed by atoms with E-state index < -0.39 is 247 Å². The van der Waals surface area contributed by atoms with E-state index >= 15 is 9.59 Å². The lowest BCUT2D eigenvalue weighted by Crippen LogP contribution is -2.59. The number of ketones is 5. The molecule has 0 bridgehead atoms. The number of nitrogens with one attached hydrogen (secondary N) is 15. The molecule has 39 nitrogen and oxygen atoms in total. The van der Waals surface area contributed by atoms with E-state index in [0.29, 0.717) is 24.8 Å². The molecule has 14 atom stereocenters. The largest absolute Gasteiger partial charge is 0.391 e. The average molecular weight is 1730 g/mol. The smallest absolute Gasteiger partial charge is 0.243 e. The van der Waals surface area contributed by atoms with Gasteiger partial charge in [-0.15, -0.1) is 0 Å². The van der Waals surface area contributed by atoms with E-state index in [-0.39, 0.29) is 154 Å². The first-order chi connectivity index (χ1) is 58.5. The number of unbranched alkanes of at least 4 members (excludes halogenated alkanes) is 2. The predicted molar refractivity (Wildman–Crippen MR) is 456 cm³/mol. The van der Waals surface area contributed by atoms with Crippen molar-refractivity contribution in [1.82, 2.24) is 69.1 Å². The fraction of sp³-hybridized carbons (Fsp3) is 0.631. The van der Waals surface area contributed by atoms with Crippen LogP contribution >= 0.6 is 0 Å². The molecule has 2 fully saturated rings. The van der Waals surface area contributed by atoms with E-state index in [1.165, 1.54) is 13.8 Å². The highest BCUT2D eigenvalue weighted by Gasteiger charge is 2.39. The van der Waals surface area contributed by atoms with Gasteiger partial charge in [-0.1, -0.05) is 87.4 Å². The molecule has 12 amide bonds. The highest BCUT2D eigenvalue weighted by atomic mass is 16.3. The van der Waals surface area contributed by atoms with Gasteiger partial charge in [0.05, 0.1) is 43.7 Å². The second kappa shape index (κ2) is 56.5. The van der Waals surface area contributed by atoms with Crippen LogP contribution in [0.3, 0.4) is 0 Å². The zero-order valence-corrected chi connectivity index (χ0v) is 71.3. The summed E-state index contributed by atoms with van der Waals surface area (Å²) < 4.78 is 0. The molecule has 0 aromatic heterocycles. The third-order valence-electron chi connectivity index (χ3n) is 21.3. The van der Waals surface area contributed by atoms with Crippen molar-refractivity contribution >= 4 is 112 Å². The number of rotatable bonds is 38. The van der Waals surface area contributed by atoms with E-state index in [1.54, 1.807) is 54.6 Å². The summed E-state index contributed by atoms with van der Waals surface area (Å²) in [6, 6.07) is 4.41. The van der Waals surface area contributed by atoms with Crippen LogP contribution in [0.1, 0.15) is 199 Å². The topological polar surface area (TPSA) is 671 Å². The van der Waals surface area contributed by atoms with Gasteiger partial charge in [-0.3, -0.25) is 92.3 Å². The molecule has 2 aliphatic heterocycles. The maximum Gasteiger partial charge on any atom is 0.243 e. The molecule has 1 unspecified atom stereocenters. The number of aliphatic hydroxyl groups excluding tert-OH is 1. The lowest BCUT2D eigenvalue weighted by atomic mass is 9.88. The molecule has 0 radical (unpaired) electrons. The number of hydrogen-bond donors (Lipinski definition) is 22. The zero-order valence-electron chi connectivity index (χ0n) is 71.3. The molecular weight excluding hydrogens is 1590 g/mol. The van der Waals surface area contributed by atoms with Crippen LogP contribution in [-0.2, 0) is 94.3 Å². The lowest BCUT2D eigenvalue weighted by molar-refractivity contribution is -0.137. The van der Waals surface area contributed by atoms with Crippen molar-refractivity contribution in [3.63, 3.8) is 0 Å². The van der Waals surface area contributed by atoms with Gasteiger partial charge in [0.15, 0.2) is 35.1 Å². The first kappa shape index (κ1) is 104. The van der Waals surface area contributed by atoms with Crippen molar-refractivity contribution in [3.8, 4) is 0 Å². The average Bonchev–Trinajstić information content (AvgIpc) is 0.827. The molecule has 4 rings (SSSR count). The van der Waals surface area contributed by atoms with E-state index in [9.17, 15) is 77.0 Å². The predicted octanol–water partition coefficient (Wildman–Crippen LogP) is -2.46. The summed E-state index contributed by atoms with van der Waals surface area (Å²) >= 11 is 0. The third kappa shape index (κ3) is 41.0. The highest BCUT2D eigenvalue weighted by molar-refractivity contribution is 6.01. The highest BCUT2D eigenvalue weighted by Crippen LogP contribution is 2.24. The van der Waals surface area contributed by atoms with Crippen LogP contribution in [0.2, 0.25) is 0 Å². The monoisotopic (exact) mass is 1720 g/mol. The van der Waals surface area contributed by atoms with Gasteiger partial charge in [-0.05, 0) is 160 Å². The Balaban J connectivity index is 1.74. The van der Waals surface area contributed by atoms with Crippen molar-refractivity contribution in [2.75, 3.05) is 45.8 Å². The number of primary amides is 1. The van der Waals surface area contributed by atoms with Crippen LogP contribution < -0.4 is 104 Å². The van der Waals surface area contributed by atoms with Gasteiger partial charge >= 0.3 is 0 Å². The number of nitrogens with two attached hydrogens (primary N) is 6. The Morgan fingerprint density at radius 1 is 0.537 bits per heavy atom. The molecule has 39 heteroatoms. The molecule has 0 saturated carbocycles.